The number of amides is 1. The molecule has 3 N–H and O–H groups in total. The van der Waals surface area contributed by atoms with Crippen LogP contribution in [0.4, 0.5) is 0 Å². The van der Waals surface area contributed by atoms with Gasteiger partial charge in [-0.15, -0.1) is 11.3 Å². The molecule has 1 atom stereocenters. The molecule has 130 valence electrons. The Morgan fingerprint density at radius 3 is 2.46 bits per heavy atom. The van der Waals surface area contributed by atoms with E-state index in [1.165, 1.54) is 0 Å². The van der Waals surface area contributed by atoms with E-state index in [1.807, 2.05) is 45.9 Å². The van der Waals surface area contributed by atoms with Crippen LogP contribution in [0.3, 0.4) is 0 Å². The number of aryl methyl sites for hydroxylation is 1. The van der Waals surface area contributed by atoms with E-state index in [4.69, 9.17) is 5.73 Å². The number of aromatic nitrogens is 1. The molecule has 0 radical (unpaired) electrons. The van der Waals surface area contributed by atoms with Crippen molar-refractivity contribution in [3.8, 4) is 10.6 Å². The molecule has 4 nitrogen and oxygen atoms in total. The van der Waals surface area contributed by atoms with E-state index in [1.54, 1.807) is 11.3 Å². The van der Waals surface area contributed by atoms with Crippen LogP contribution >= 0.6 is 11.3 Å². The second kappa shape index (κ2) is 7.90. The van der Waals surface area contributed by atoms with E-state index in [0.717, 1.165) is 34.0 Å². The van der Waals surface area contributed by atoms with Crippen molar-refractivity contribution < 1.29 is 4.79 Å². The van der Waals surface area contributed by atoms with Crippen LogP contribution in [0.15, 0.2) is 30.3 Å². The van der Waals surface area contributed by atoms with Crippen LogP contribution in [-0.4, -0.2) is 17.4 Å². The van der Waals surface area contributed by atoms with Gasteiger partial charge in [0.1, 0.15) is 5.01 Å². The van der Waals surface area contributed by atoms with E-state index in [0.29, 0.717) is 6.54 Å². The normalized spacial score (nSPS) is 12.9. The first kappa shape index (κ1) is 18.6. The van der Waals surface area contributed by atoms with Gasteiger partial charge in [-0.25, -0.2) is 4.98 Å². The average Bonchev–Trinajstić information content (AvgIpc) is 3.00. The lowest BCUT2D eigenvalue weighted by molar-refractivity contribution is -0.131. The fraction of sp³-hybridized carbons (Fsp3) is 0.474. The molecule has 1 aromatic heterocycles. The largest absolute Gasteiger partial charge is 0.348 e. The van der Waals surface area contributed by atoms with Gasteiger partial charge in [-0.05, 0) is 26.7 Å². The van der Waals surface area contributed by atoms with Gasteiger partial charge in [-0.2, -0.15) is 0 Å². The molecule has 1 heterocycles. The Bertz CT molecular complexity index is 669. The third-order valence-corrected chi connectivity index (χ3v) is 6.21. The SMILES string of the molecule is CCC(CC)(CN)C(=O)NC(C)c1sc(-c2ccccc2)nc1C. The summed E-state index contributed by atoms with van der Waals surface area (Å²) in [5, 5.41) is 4.13. The maximum atomic E-state index is 12.7. The summed E-state index contributed by atoms with van der Waals surface area (Å²) in [4.78, 5) is 18.5. The first-order chi connectivity index (χ1) is 11.5. The molecule has 24 heavy (non-hydrogen) atoms. The molecule has 0 aliphatic rings. The van der Waals surface area contributed by atoms with Gasteiger partial charge in [0.15, 0.2) is 0 Å². The van der Waals surface area contributed by atoms with E-state index in [9.17, 15) is 4.79 Å². The number of nitrogens with one attached hydrogen (secondary N) is 1. The van der Waals surface area contributed by atoms with Gasteiger partial charge in [-0.3, -0.25) is 4.79 Å². The number of hydrogen-bond acceptors (Lipinski definition) is 4. The Morgan fingerprint density at radius 1 is 1.29 bits per heavy atom. The smallest absolute Gasteiger partial charge is 0.227 e. The molecule has 0 saturated carbocycles. The lowest BCUT2D eigenvalue weighted by Gasteiger charge is -2.30. The Morgan fingerprint density at radius 2 is 1.92 bits per heavy atom. The molecule has 0 fully saturated rings. The maximum Gasteiger partial charge on any atom is 0.227 e. The Kier molecular flexibility index (Phi) is 6.13. The van der Waals surface area contributed by atoms with Crippen LogP contribution in [-0.2, 0) is 4.79 Å². The first-order valence-corrected chi connectivity index (χ1v) is 9.32. The number of carbonyl (C=O) groups excluding carboxylic acids is 1. The lowest BCUT2D eigenvalue weighted by atomic mass is 9.81. The van der Waals surface area contributed by atoms with Crippen molar-refractivity contribution in [1.29, 1.82) is 0 Å². The summed E-state index contributed by atoms with van der Waals surface area (Å²) in [6.07, 6.45) is 1.49. The predicted octanol–water partition coefficient (Wildman–Crippen LogP) is 4.06. The van der Waals surface area contributed by atoms with Crippen LogP contribution in [0.2, 0.25) is 0 Å². The minimum absolute atomic E-state index is 0.0385. The van der Waals surface area contributed by atoms with Crippen molar-refractivity contribution in [2.75, 3.05) is 6.54 Å². The molecule has 2 rings (SSSR count). The van der Waals surface area contributed by atoms with Crippen molar-refractivity contribution in [2.45, 2.75) is 46.6 Å². The van der Waals surface area contributed by atoms with Crippen LogP contribution in [0.5, 0.6) is 0 Å². The summed E-state index contributed by atoms with van der Waals surface area (Å²) in [5.74, 6) is 0.0385. The van der Waals surface area contributed by atoms with E-state index < -0.39 is 5.41 Å². The maximum absolute atomic E-state index is 12.7. The van der Waals surface area contributed by atoms with Gasteiger partial charge in [0, 0.05) is 12.1 Å². The molecule has 0 saturated heterocycles. The zero-order chi connectivity index (χ0) is 17.7. The zero-order valence-electron chi connectivity index (χ0n) is 14.9. The molecule has 2 aromatic rings. The molecule has 0 aliphatic heterocycles. The molecule has 0 spiro atoms. The minimum atomic E-state index is -0.477. The van der Waals surface area contributed by atoms with Gasteiger partial charge in [0.05, 0.1) is 22.0 Å². The van der Waals surface area contributed by atoms with Gasteiger partial charge in [-0.1, -0.05) is 44.2 Å². The molecule has 1 unspecified atom stereocenters. The zero-order valence-corrected chi connectivity index (χ0v) is 15.7. The molecule has 1 aromatic carbocycles. The third kappa shape index (κ3) is 3.68. The van der Waals surface area contributed by atoms with Crippen molar-refractivity contribution in [3.05, 3.63) is 40.9 Å². The summed E-state index contributed by atoms with van der Waals surface area (Å²) in [7, 11) is 0. The third-order valence-electron chi connectivity index (χ3n) is 4.82. The Hall–Kier alpha value is -1.72. The Labute approximate surface area is 148 Å². The number of thiazole rings is 1. The van der Waals surface area contributed by atoms with Crippen molar-refractivity contribution >= 4 is 17.2 Å². The molecule has 0 aliphatic carbocycles. The molecule has 0 bridgehead atoms. The van der Waals surface area contributed by atoms with Gasteiger partial charge in [0.2, 0.25) is 5.91 Å². The quantitative estimate of drug-likeness (QED) is 0.795. The summed E-state index contributed by atoms with van der Waals surface area (Å²) in [6.45, 7) is 8.42. The summed E-state index contributed by atoms with van der Waals surface area (Å²) >= 11 is 1.64. The fourth-order valence-electron chi connectivity index (χ4n) is 2.88. The molecule has 1 amide bonds. The minimum Gasteiger partial charge on any atom is -0.348 e. The average molecular weight is 346 g/mol. The van der Waals surface area contributed by atoms with Crippen LogP contribution in [0.1, 0.15) is 50.2 Å². The fourth-order valence-corrected chi connectivity index (χ4v) is 3.96. The van der Waals surface area contributed by atoms with Gasteiger partial charge < -0.3 is 11.1 Å². The van der Waals surface area contributed by atoms with Crippen molar-refractivity contribution in [1.82, 2.24) is 10.3 Å². The monoisotopic (exact) mass is 345 g/mol. The number of nitrogens with two attached hydrogens (primary N) is 1. The second-order valence-electron chi connectivity index (χ2n) is 6.22. The van der Waals surface area contributed by atoms with E-state index in [-0.39, 0.29) is 11.9 Å². The summed E-state index contributed by atoms with van der Waals surface area (Å²) in [6, 6.07) is 10.0. The molecular formula is C19H27N3OS. The van der Waals surface area contributed by atoms with Crippen molar-refractivity contribution in [2.24, 2.45) is 11.1 Å². The highest BCUT2D eigenvalue weighted by Crippen LogP contribution is 2.33. The highest BCUT2D eigenvalue weighted by molar-refractivity contribution is 7.15. The van der Waals surface area contributed by atoms with E-state index in [2.05, 4.69) is 22.4 Å². The first-order valence-electron chi connectivity index (χ1n) is 8.51. The van der Waals surface area contributed by atoms with Crippen molar-refractivity contribution in [3.63, 3.8) is 0 Å². The van der Waals surface area contributed by atoms with Crippen LogP contribution in [0.25, 0.3) is 10.6 Å². The number of nitrogens with zero attached hydrogens (tertiary/aromatic N) is 1. The number of hydrogen-bond donors (Lipinski definition) is 2. The lowest BCUT2D eigenvalue weighted by Crippen LogP contribution is -2.46. The van der Waals surface area contributed by atoms with Gasteiger partial charge >= 0.3 is 0 Å². The highest BCUT2D eigenvalue weighted by atomic mass is 32.1. The van der Waals surface area contributed by atoms with E-state index >= 15 is 0 Å². The molecule has 5 heteroatoms. The number of carbonyl (C=O) groups is 1. The molecular weight excluding hydrogens is 318 g/mol. The predicted molar refractivity (Wildman–Crippen MR) is 101 cm³/mol. The topological polar surface area (TPSA) is 68.0 Å². The summed E-state index contributed by atoms with van der Waals surface area (Å²) in [5.41, 5.74) is 7.48. The Balaban J connectivity index is 2.20. The summed E-state index contributed by atoms with van der Waals surface area (Å²) < 4.78 is 0. The number of benzene rings is 1. The standard InChI is InChI=1S/C19H27N3OS/c1-5-19(6-2,12-20)18(23)22-14(4)16-13(3)21-17(24-16)15-10-8-7-9-11-15/h7-11,14H,5-6,12,20H2,1-4H3,(H,22,23). The van der Waals surface area contributed by atoms with Crippen LogP contribution in [0, 0.1) is 12.3 Å². The van der Waals surface area contributed by atoms with Crippen LogP contribution < -0.4 is 11.1 Å². The van der Waals surface area contributed by atoms with Gasteiger partial charge in [0.25, 0.3) is 0 Å². The second-order valence-corrected chi connectivity index (χ2v) is 7.25. The highest BCUT2D eigenvalue weighted by Gasteiger charge is 2.34. The number of rotatable bonds is 7.